The molecule has 0 saturated heterocycles. The SMILES string of the molecule is COc1cccc(-c2nn(Cc3ccccc3)cc2C(=O)N(C)CCc2ccccn2)c1. The zero-order valence-electron chi connectivity index (χ0n) is 18.3. The van der Waals surface area contributed by atoms with Crippen molar-refractivity contribution in [2.75, 3.05) is 20.7 Å². The molecule has 2 heterocycles. The van der Waals surface area contributed by atoms with E-state index in [0.717, 1.165) is 22.6 Å². The van der Waals surface area contributed by atoms with Gasteiger partial charge < -0.3 is 9.64 Å². The van der Waals surface area contributed by atoms with Crippen LogP contribution in [0.1, 0.15) is 21.6 Å². The lowest BCUT2D eigenvalue weighted by atomic mass is 10.1. The van der Waals surface area contributed by atoms with E-state index in [1.165, 1.54) is 0 Å². The van der Waals surface area contributed by atoms with Gasteiger partial charge in [0.25, 0.3) is 5.91 Å². The largest absolute Gasteiger partial charge is 0.497 e. The molecule has 1 amide bonds. The topological polar surface area (TPSA) is 60.3 Å². The molecule has 0 atom stereocenters. The van der Waals surface area contributed by atoms with Gasteiger partial charge in [-0.1, -0.05) is 48.5 Å². The molecule has 2 aromatic heterocycles. The molecule has 4 aromatic rings. The van der Waals surface area contributed by atoms with E-state index in [1.54, 1.807) is 18.2 Å². The molecular weight excluding hydrogens is 400 g/mol. The zero-order chi connectivity index (χ0) is 22.3. The molecule has 0 bridgehead atoms. The van der Waals surface area contributed by atoms with Gasteiger partial charge in [-0.3, -0.25) is 14.5 Å². The second-order valence-electron chi connectivity index (χ2n) is 7.60. The maximum absolute atomic E-state index is 13.4. The van der Waals surface area contributed by atoms with Crippen LogP contribution in [0.3, 0.4) is 0 Å². The second-order valence-corrected chi connectivity index (χ2v) is 7.60. The molecule has 0 aliphatic carbocycles. The van der Waals surface area contributed by atoms with Gasteiger partial charge in [0.2, 0.25) is 0 Å². The molecule has 0 aliphatic rings. The molecule has 6 nitrogen and oxygen atoms in total. The van der Waals surface area contributed by atoms with Crippen LogP contribution in [-0.2, 0) is 13.0 Å². The van der Waals surface area contributed by atoms with Crippen molar-refractivity contribution < 1.29 is 9.53 Å². The number of aromatic nitrogens is 3. The lowest BCUT2D eigenvalue weighted by molar-refractivity contribution is 0.0797. The Labute approximate surface area is 188 Å². The highest BCUT2D eigenvalue weighted by Gasteiger charge is 2.21. The van der Waals surface area contributed by atoms with Gasteiger partial charge in [-0.2, -0.15) is 5.10 Å². The monoisotopic (exact) mass is 426 g/mol. The molecule has 0 spiro atoms. The number of methoxy groups -OCH3 is 1. The van der Waals surface area contributed by atoms with Crippen molar-refractivity contribution in [1.82, 2.24) is 19.7 Å². The number of nitrogens with zero attached hydrogens (tertiary/aromatic N) is 4. The van der Waals surface area contributed by atoms with Gasteiger partial charge in [-0.05, 0) is 29.8 Å². The Morgan fingerprint density at radius 2 is 1.84 bits per heavy atom. The van der Waals surface area contributed by atoms with Crippen molar-refractivity contribution >= 4 is 5.91 Å². The molecule has 6 heteroatoms. The molecule has 4 rings (SSSR count). The first-order valence-corrected chi connectivity index (χ1v) is 10.5. The first kappa shape index (κ1) is 21.3. The number of hydrogen-bond acceptors (Lipinski definition) is 4. The maximum atomic E-state index is 13.4. The van der Waals surface area contributed by atoms with Crippen molar-refractivity contribution in [3.05, 3.63) is 102 Å². The van der Waals surface area contributed by atoms with E-state index in [9.17, 15) is 4.79 Å². The lowest BCUT2D eigenvalue weighted by Crippen LogP contribution is -2.29. The molecule has 162 valence electrons. The fraction of sp³-hybridized carbons (Fsp3) is 0.192. The summed E-state index contributed by atoms with van der Waals surface area (Å²) in [5.41, 5.74) is 4.14. The van der Waals surface area contributed by atoms with E-state index in [1.807, 2.05) is 90.7 Å². The first-order chi connectivity index (χ1) is 15.6. The quantitative estimate of drug-likeness (QED) is 0.421. The normalized spacial score (nSPS) is 10.7. The van der Waals surface area contributed by atoms with Crippen molar-refractivity contribution in [3.8, 4) is 17.0 Å². The van der Waals surface area contributed by atoms with Crippen LogP contribution < -0.4 is 4.74 Å². The Kier molecular flexibility index (Phi) is 6.60. The highest BCUT2D eigenvalue weighted by atomic mass is 16.5. The third-order valence-electron chi connectivity index (χ3n) is 5.30. The Bertz CT molecular complexity index is 1170. The predicted octanol–water partition coefficient (Wildman–Crippen LogP) is 4.32. The van der Waals surface area contributed by atoms with Crippen LogP contribution >= 0.6 is 0 Å². The molecule has 2 aromatic carbocycles. The summed E-state index contributed by atoms with van der Waals surface area (Å²) in [7, 11) is 3.44. The Morgan fingerprint density at radius 1 is 1.03 bits per heavy atom. The predicted molar refractivity (Wildman–Crippen MR) is 125 cm³/mol. The summed E-state index contributed by atoms with van der Waals surface area (Å²) in [6.45, 7) is 1.15. The Morgan fingerprint density at radius 3 is 2.59 bits per heavy atom. The van der Waals surface area contributed by atoms with E-state index >= 15 is 0 Å². The molecule has 0 radical (unpaired) electrons. The van der Waals surface area contributed by atoms with Gasteiger partial charge in [0.15, 0.2) is 0 Å². The summed E-state index contributed by atoms with van der Waals surface area (Å²) in [5, 5.41) is 4.77. The molecule has 0 saturated carbocycles. The molecule has 0 N–H and O–H groups in total. The summed E-state index contributed by atoms with van der Waals surface area (Å²) in [5.74, 6) is 0.653. The number of amides is 1. The second kappa shape index (κ2) is 9.92. The summed E-state index contributed by atoms with van der Waals surface area (Å²) < 4.78 is 7.20. The number of rotatable bonds is 8. The first-order valence-electron chi connectivity index (χ1n) is 10.5. The summed E-state index contributed by atoms with van der Waals surface area (Å²) in [6, 6.07) is 23.5. The minimum atomic E-state index is -0.0712. The number of benzene rings is 2. The van der Waals surface area contributed by atoms with E-state index in [2.05, 4.69) is 4.98 Å². The highest BCUT2D eigenvalue weighted by Crippen LogP contribution is 2.27. The van der Waals surface area contributed by atoms with Gasteiger partial charge in [0.05, 0.1) is 19.2 Å². The van der Waals surface area contributed by atoms with Crippen LogP contribution in [0.15, 0.2) is 85.2 Å². The van der Waals surface area contributed by atoms with E-state index < -0.39 is 0 Å². The summed E-state index contributed by atoms with van der Waals surface area (Å²) in [6.07, 6.45) is 4.29. The highest BCUT2D eigenvalue weighted by molar-refractivity contribution is 5.99. The van der Waals surface area contributed by atoms with Gasteiger partial charge in [0, 0.05) is 43.7 Å². The average Bonchev–Trinajstić information content (AvgIpc) is 3.27. The van der Waals surface area contributed by atoms with E-state index in [-0.39, 0.29) is 5.91 Å². The molecule has 0 unspecified atom stereocenters. The maximum Gasteiger partial charge on any atom is 0.257 e. The summed E-state index contributed by atoms with van der Waals surface area (Å²) >= 11 is 0. The standard InChI is InChI=1S/C26H26N4O2/c1-29(16-14-22-12-6-7-15-27-22)26(31)24-19-30(18-20-9-4-3-5-10-20)28-25(24)21-11-8-13-23(17-21)32-2/h3-13,15,17,19H,14,16,18H2,1-2H3. The Hall–Kier alpha value is -3.93. The zero-order valence-corrected chi connectivity index (χ0v) is 18.3. The van der Waals surface area contributed by atoms with Gasteiger partial charge in [0.1, 0.15) is 11.4 Å². The van der Waals surface area contributed by atoms with E-state index in [4.69, 9.17) is 9.84 Å². The summed E-state index contributed by atoms with van der Waals surface area (Å²) in [4.78, 5) is 19.5. The van der Waals surface area contributed by atoms with Gasteiger partial charge in [-0.15, -0.1) is 0 Å². The number of pyridine rings is 1. The van der Waals surface area contributed by atoms with Crippen molar-refractivity contribution in [1.29, 1.82) is 0 Å². The molecule has 32 heavy (non-hydrogen) atoms. The van der Waals surface area contributed by atoms with E-state index in [0.29, 0.717) is 30.8 Å². The van der Waals surface area contributed by atoms with Crippen LogP contribution in [-0.4, -0.2) is 46.3 Å². The van der Waals surface area contributed by atoms with Crippen LogP contribution in [0.5, 0.6) is 5.75 Å². The van der Waals surface area contributed by atoms with Crippen molar-refractivity contribution in [2.24, 2.45) is 0 Å². The van der Waals surface area contributed by atoms with Crippen molar-refractivity contribution in [2.45, 2.75) is 13.0 Å². The third kappa shape index (κ3) is 5.03. The molecule has 0 aliphatic heterocycles. The van der Waals surface area contributed by atoms with Gasteiger partial charge >= 0.3 is 0 Å². The van der Waals surface area contributed by atoms with Crippen molar-refractivity contribution in [3.63, 3.8) is 0 Å². The molecular formula is C26H26N4O2. The smallest absolute Gasteiger partial charge is 0.257 e. The van der Waals surface area contributed by atoms with Crippen LogP contribution in [0.4, 0.5) is 0 Å². The van der Waals surface area contributed by atoms with Crippen LogP contribution in [0.2, 0.25) is 0 Å². The average molecular weight is 427 g/mol. The minimum Gasteiger partial charge on any atom is -0.497 e. The number of carbonyl (C=O) groups is 1. The number of carbonyl (C=O) groups excluding carboxylic acids is 1. The number of likely N-dealkylation sites (N-methyl/N-ethyl adjacent to an activating group) is 1. The third-order valence-corrected chi connectivity index (χ3v) is 5.30. The number of ether oxygens (including phenoxy) is 1. The minimum absolute atomic E-state index is 0.0712. The van der Waals surface area contributed by atoms with Crippen LogP contribution in [0.25, 0.3) is 11.3 Å². The Balaban J connectivity index is 1.62. The van der Waals surface area contributed by atoms with Gasteiger partial charge in [-0.25, -0.2) is 0 Å². The lowest BCUT2D eigenvalue weighted by Gasteiger charge is -2.17. The fourth-order valence-corrected chi connectivity index (χ4v) is 3.55. The molecule has 0 fully saturated rings. The fourth-order valence-electron chi connectivity index (χ4n) is 3.55. The number of hydrogen-bond donors (Lipinski definition) is 0. The van der Waals surface area contributed by atoms with Crippen LogP contribution in [0, 0.1) is 0 Å².